The third kappa shape index (κ3) is 2.17. The summed E-state index contributed by atoms with van der Waals surface area (Å²) < 4.78 is 1.08. The van der Waals surface area contributed by atoms with Crippen LogP contribution in [0.5, 0.6) is 0 Å². The van der Waals surface area contributed by atoms with E-state index in [2.05, 4.69) is 60.1 Å². The number of benzene rings is 2. The van der Waals surface area contributed by atoms with Crippen LogP contribution in [0.3, 0.4) is 0 Å². The minimum Gasteiger partial charge on any atom is -0.247 e. The van der Waals surface area contributed by atoms with E-state index in [4.69, 9.17) is 4.98 Å². The summed E-state index contributed by atoms with van der Waals surface area (Å²) in [6, 6.07) is 16.6. The lowest BCUT2D eigenvalue weighted by Crippen LogP contribution is -1.94. The molecule has 3 aromatic rings. The number of halogens is 1. The first kappa shape index (κ1) is 12.4. The van der Waals surface area contributed by atoms with Crippen molar-refractivity contribution in [2.45, 2.75) is 13.8 Å². The molecule has 19 heavy (non-hydrogen) atoms. The van der Waals surface area contributed by atoms with Crippen LogP contribution in [0.4, 0.5) is 0 Å². The van der Waals surface area contributed by atoms with E-state index in [0.717, 1.165) is 21.2 Å². The molecule has 1 aromatic heterocycles. The van der Waals surface area contributed by atoms with Gasteiger partial charge in [-0.2, -0.15) is 0 Å². The molecule has 0 saturated heterocycles. The highest BCUT2D eigenvalue weighted by molar-refractivity contribution is 9.10. The number of pyridine rings is 1. The summed E-state index contributed by atoms with van der Waals surface area (Å²) in [4.78, 5) is 4.83. The Morgan fingerprint density at radius 1 is 0.895 bits per heavy atom. The molecule has 0 unspecified atom stereocenters. The van der Waals surface area contributed by atoms with E-state index in [1.165, 1.54) is 16.5 Å². The van der Waals surface area contributed by atoms with Gasteiger partial charge in [0.15, 0.2) is 0 Å². The second kappa shape index (κ2) is 4.78. The van der Waals surface area contributed by atoms with Gasteiger partial charge in [0.1, 0.15) is 0 Å². The number of aryl methyl sites for hydroxylation is 1. The number of para-hydroxylation sites is 1. The van der Waals surface area contributed by atoms with Crippen LogP contribution in [-0.4, -0.2) is 4.98 Å². The van der Waals surface area contributed by atoms with E-state index >= 15 is 0 Å². The zero-order chi connectivity index (χ0) is 13.4. The largest absolute Gasteiger partial charge is 0.247 e. The van der Waals surface area contributed by atoms with Crippen molar-refractivity contribution in [3.05, 3.63) is 64.1 Å². The molecule has 0 saturated carbocycles. The molecule has 0 atom stereocenters. The maximum Gasteiger partial charge on any atom is 0.0741 e. The van der Waals surface area contributed by atoms with Crippen LogP contribution in [0.25, 0.3) is 22.2 Å². The molecule has 0 radical (unpaired) electrons. The lowest BCUT2D eigenvalue weighted by atomic mass is 9.99. The first-order chi connectivity index (χ1) is 9.16. The molecule has 2 heteroatoms. The predicted octanol–water partition coefficient (Wildman–Crippen LogP) is 5.28. The Morgan fingerprint density at radius 2 is 1.68 bits per heavy atom. The van der Waals surface area contributed by atoms with Crippen molar-refractivity contribution in [1.29, 1.82) is 0 Å². The second-order valence-corrected chi connectivity index (χ2v) is 5.65. The van der Waals surface area contributed by atoms with E-state index in [9.17, 15) is 0 Å². The summed E-state index contributed by atoms with van der Waals surface area (Å²) >= 11 is 3.52. The molecule has 0 aliphatic carbocycles. The zero-order valence-electron chi connectivity index (χ0n) is 10.9. The van der Waals surface area contributed by atoms with Crippen molar-refractivity contribution in [3.8, 4) is 11.3 Å². The van der Waals surface area contributed by atoms with Gasteiger partial charge in [-0.1, -0.05) is 46.3 Å². The molecule has 0 spiro atoms. The quantitative estimate of drug-likeness (QED) is 0.595. The number of rotatable bonds is 1. The average molecular weight is 312 g/mol. The van der Waals surface area contributed by atoms with Gasteiger partial charge >= 0.3 is 0 Å². The van der Waals surface area contributed by atoms with E-state index in [-0.39, 0.29) is 0 Å². The highest BCUT2D eigenvalue weighted by Crippen LogP contribution is 2.30. The maximum atomic E-state index is 4.83. The predicted molar refractivity (Wildman–Crippen MR) is 84.4 cm³/mol. The summed E-state index contributed by atoms with van der Waals surface area (Å²) in [6.07, 6.45) is 0. The van der Waals surface area contributed by atoms with E-state index in [0.29, 0.717) is 0 Å². The molecule has 1 nitrogen and oxygen atoms in total. The minimum atomic E-state index is 1.06. The summed E-state index contributed by atoms with van der Waals surface area (Å²) in [5, 5.41) is 1.23. The van der Waals surface area contributed by atoms with Crippen molar-refractivity contribution in [3.63, 3.8) is 0 Å². The van der Waals surface area contributed by atoms with E-state index in [1.54, 1.807) is 0 Å². The summed E-state index contributed by atoms with van der Waals surface area (Å²) in [5.74, 6) is 0. The van der Waals surface area contributed by atoms with Gasteiger partial charge in [0.05, 0.1) is 11.2 Å². The Bertz CT molecular complexity index is 762. The van der Waals surface area contributed by atoms with Crippen LogP contribution in [-0.2, 0) is 0 Å². The van der Waals surface area contributed by atoms with Crippen LogP contribution in [0, 0.1) is 13.8 Å². The van der Waals surface area contributed by atoms with Gasteiger partial charge in [-0.15, -0.1) is 0 Å². The molecule has 1 heterocycles. The van der Waals surface area contributed by atoms with Crippen LogP contribution >= 0.6 is 15.9 Å². The normalized spacial score (nSPS) is 10.9. The van der Waals surface area contributed by atoms with Gasteiger partial charge in [0.2, 0.25) is 0 Å². The number of hydrogen-bond donors (Lipinski definition) is 0. The highest BCUT2D eigenvalue weighted by atomic mass is 79.9. The minimum absolute atomic E-state index is 1.06. The van der Waals surface area contributed by atoms with E-state index < -0.39 is 0 Å². The van der Waals surface area contributed by atoms with Crippen molar-refractivity contribution < 1.29 is 0 Å². The summed E-state index contributed by atoms with van der Waals surface area (Å²) in [6.45, 7) is 4.31. The lowest BCUT2D eigenvalue weighted by molar-refractivity contribution is 1.28. The first-order valence-corrected chi connectivity index (χ1v) is 7.08. The highest BCUT2D eigenvalue weighted by Gasteiger charge is 2.10. The first-order valence-electron chi connectivity index (χ1n) is 6.28. The van der Waals surface area contributed by atoms with Gasteiger partial charge in [0, 0.05) is 15.4 Å². The lowest BCUT2D eigenvalue weighted by Gasteiger charge is -2.12. The number of hydrogen-bond acceptors (Lipinski definition) is 1. The molecule has 0 aliphatic rings. The maximum absolute atomic E-state index is 4.83. The van der Waals surface area contributed by atoms with Gasteiger partial charge in [0.25, 0.3) is 0 Å². The van der Waals surface area contributed by atoms with Crippen LogP contribution in [0.1, 0.15) is 11.1 Å². The number of aromatic nitrogens is 1. The van der Waals surface area contributed by atoms with Crippen molar-refractivity contribution >= 4 is 26.8 Å². The second-order valence-electron chi connectivity index (χ2n) is 4.74. The topological polar surface area (TPSA) is 12.9 Å². The molecule has 0 fully saturated rings. The Labute approximate surface area is 121 Å². The fourth-order valence-corrected chi connectivity index (χ4v) is 2.79. The smallest absolute Gasteiger partial charge is 0.0741 e. The summed E-state index contributed by atoms with van der Waals surface area (Å²) in [7, 11) is 0. The Kier molecular flexibility index (Phi) is 3.11. The average Bonchev–Trinajstić information content (AvgIpc) is 2.43. The molecular weight excluding hydrogens is 298 g/mol. The third-order valence-corrected chi connectivity index (χ3v) is 4.05. The zero-order valence-corrected chi connectivity index (χ0v) is 12.5. The van der Waals surface area contributed by atoms with Crippen molar-refractivity contribution in [2.24, 2.45) is 0 Å². The SMILES string of the molecule is Cc1c(-c2cccc(Br)c2)nc2ccccc2c1C. The standard InChI is InChI=1S/C17H14BrN/c1-11-12(2)17(13-6-5-7-14(18)10-13)19-16-9-4-3-8-15(11)16/h3-10H,1-2H3. The molecule has 0 aliphatic heterocycles. The fraction of sp³-hybridized carbons (Fsp3) is 0.118. The van der Waals surface area contributed by atoms with Crippen LogP contribution < -0.4 is 0 Å². The van der Waals surface area contributed by atoms with Crippen LogP contribution in [0.15, 0.2) is 53.0 Å². The monoisotopic (exact) mass is 311 g/mol. The summed E-state index contributed by atoms with van der Waals surface area (Å²) in [5.41, 5.74) is 5.83. The molecule has 0 N–H and O–H groups in total. The third-order valence-electron chi connectivity index (χ3n) is 3.56. The Morgan fingerprint density at radius 3 is 2.47 bits per heavy atom. The molecule has 3 rings (SSSR count). The molecule has 94 valence electrons. The number of fused-ring (bicyclic) bond motifs is 1. The van der Waals surface area contributed by atoms with Gasteiger partial charge < -0.3 is 0 Å². The fourth-order valence-electron chi connectivity index (χ4n) is 2.39. The Balaban J connectivity index is 2.33. The number of nitrogens with zero attached hydrogens (tertiary/aromatic N) is 1. The van der Waals surface area contributed by atoms with Gasteiger partial charge in [-0.05, 0) is 43.2 Å². The molecular formula is C17H14BrN. The molecule has 2 aromatic carbocycles. The van der Waals surface area contributed by atoms with Crippen molar-refractivity contribution in [2.75, 3.05) is 0 Å². The van der Waals surface area contributed by atoms with Gasteiger partial charge in [-0.3, -0.25) is 0 Å². The van der Waals surface area contributed by atoms with E-state index in [1.807, 2.05) is 18.2 Å². The van der Waals surface area contributed by atoms with Crippen molar-refractivity contribution in [1.82, 2.24) is 4.98 Å². The van der Waals surface area contributed by atoms with Gasteiger partial charge in [-0.25, -0.2) is 4.98 Å². The molecule has 0 bridgehead atoms. The van der Waals surface area contributed by atoms with Crippen LogP contribution in [0.2, 0.25) is 0 Å². The molecule has 0 amide bonds. The Hall–Kier alpha value is -1.67.